The fourth-order valence-corrected chi connectivity index (χ4v) is 5.75. The summed E-state index contributed by atoms with van der Waals surface area (Å²) in [4.78, 5) is 23.9. The van der Waals surface area contributed by atoms with Crippen molar-refractivity contribution < 1.29 is 42.4 Å². The van der Waals surface area contributed by atoms with Crippen molar-refractivity contribution in [3.8, 4) is 0 Å². The van der Waals surface area contributed by atoms with Gasteiger partial charge in [0.2, 0.25) is 0 Å². The van der Waals surface area contributed by atoms with Gasteiger partial charge in [-0.1, -0.05) is 110 Å². The van der Waals surface area contributed by atoms with Gasteiger partial charge in [-0.05, 0) is 19.3 Å². The van der Waals surface area contributed by atoms with E-state index in [0.29, 0.717) is 36.7 Å². The lowest BCUT2D eigenvalue weighted by Crippen LogP contribution is -2.38. The SMILES string of the molecule is CCCCCCCCCCCCCCCCCC[C@@H](OP(=O)([O-])OCC[N+](C)(C)C)[C@H](CO)OCCCCC(=O)OC. The van der Waals surface area contributed by atoms with Crippen LogP contribution in [-0.4, -0.2) is 82.4 Å². The highest BCUT2D eigenvalue weighted by Gasteiger charge is 2.27. The lowest BCUT2D eigenvalue weighted by molar-refractivity contribution is -0.870. The van der Waals surface area contributed by atoms with Gasteiger partial charge in [0.05, 0.1) is 41.0 Å². The molecule has 9 nitrogen and oxygen atoms in total. The summed E-state index contributed by atoms with van der Waals surface area (Å²) in [7, 11) is 2.65. The van der Waals surface area contributed by atoms with Crippen LogP contribution in [0.3, 0.4) is 0 Å². The van der Waals surface area contributed by atoms with Crippen molar-refractivity contribution in [1.82, 2.24) is 0 Å². The van der Waals surface area contributed by atoms with Crippen LogP contribution in [0.25, 0.3) is 0 Å². The summed E-state index contributed by atoms with van der Waals surface area (Å²) >= 11 is 0. The zero-order valence-electron chi connectivity index (χ0n) is 27.8. The standard InChI is InChI=1S/C32H66NO8P/c1-6-7-8-9-10-11-12-13-14-15-16-17-18-19-20-21-24-30(41-42(36,37)40-28-26-33(2,3)4)31(29-34)39-27-23-22-25-32(35)38-5/h30-31,34H,6-29H2,1-5H3/t30-,31+/m1/s1. The highest BCUT2D eigenvalue weighted by atomic mass is 31.2. The van der Waals surface area contributed by atoms with Crippen LogP contribution in [0, 0.1) is 0 Å². The largest absolute Gasteiger partial charge is 0.756 e. The number of aliphatic hydroxyl groups excluding tert-OH is 1. The Morgan fingerprint density at radius 2 is 1.26 bits per heavy atom. The minimum absolute atomic E-state index is 0.0220. The number of carbonyl (C=O) groups excluding carboxylic acids is 1. The summed E-state index contributed by atoms with van der Waals surface area (Å²) in [6.45, 7) is 2.72. The van der Waals surface area contributed by atoms with Crippen LogP contribution in [0.2, 0.25) is 0 Å². The van der Waals surface area contributed by atoms with Gasteiger partial charge in [0.1, 0.15) is 19.3 Å². The predicted octanol–water partition coefficient (Wildman–Crippen LogP) is 6.94. The molecule has 0 aliphatic carbocycles. The number of carbonyl (C=O) groups is 1. The number of aliphatic hydroxyl groups is 1. The Labute approximate surface area is 258 Å². The number of nitrogens with zero attached hydrogens (tertiary/aromatic N) is 1. The summed E-state index contributed by atoms with van der Waals surface area (Å²) in [5.74, 6) is -0.281. The van der Waals surface area contributed by atoms with E-state index in [1.807, 2.05) is 21.1 Å². The highest BCUT2D eigenvalue weighted by molar-refractivity contribution is 7.45. The molecule has 0 saturated heterocycles. The van der Waals surface area contributed by atoms with Gasteiger partial charge < -0.3 is 33.0 Å². The van der Waals surface area contributed by atoms with Gasteiger partial charge in [0.25, 0.3) is 7.82 Å². The number of methoxy groups -OCH3 is 1. The number of rotatable bonds is 31. The van der Waals surface area contributed by atoms with Gasteiger partial charge in [0, 0.05) is 13.0 Å². The number of ether oxygens (including phenoxy) is 2. The molecule has 1 N–H and O–H groups in total. The number of quaternary nitrogens is 1. The second-order valence-electron chi connectivity index (χ2n) is 12.7. The second kappa shape index (κ2) is 26.8. The molecule has 0 rings (SSSR count). The van der Waals surface area contributed by atoms with Gasteiger partial charge >= 0.3 is 5.97 Å². The maximum absolute atomic E-state index is 12.6. The Morgan fingerprint density at radius 3 is 1.71 bits per heavy atom. The molecule has 1 unspecified atom stereocenters. The number of unbranched alkanes of at least 4 members (excludes halogenated alkanes) is 16. The maximum atomic E-state index is 12.6. The summed E-state index contributed by atoms with van der Waals surface area (Å²) < 4.78 is 34.2. The fourth-order valence-electron chi connectivity index (χ4n) is 4.81. The van der Waals surface area contributed by atoms with Crippen LogP contribution < -0.4 is 4.89 Å². The number of phosphoric ester groups is 1. The van der Waals surface area contributed by atoms with E-state index >= 15 is 0 Å². The van der Waals surface area contributed by atoms with E-state index in [2.05, 4.69) is 11.7 Å². The van der Waals surface area contributed by atoms with E-state index in [1.54, 1.807) is 0 Å². The second-order valence-corrected chi connectivity index (χ2v) is 14.0. The van der Waals surface area contributed by atoms with Crippen LogP contribution >= 0.6 is 7.82 Å². The van der Waals surface area contributed by atoms with Gasteiger partial charge in [-0.3, -0.25) is 9.36 Å². The molecule has 0 radical (unpaired) electrons. The number of esters is 1. The molecule has 0 bridgehead atoms. The first kappa shape index (κ1) is 41.5. The van der Waals surface area contributed by atoms with Crippen LogP contribution in [0.5, 0.6) is 0 Å². The van der Waals surface area contributed by atoms with Gasteiger partial charge in [-0.15, -0.1) is 0 Å². The Hall–Kier alpha value is -0.540. The molecule has 0 amide bonds. The van der Waals surface area contributed by atoms with Crippen molar-refractivity contribution in [3.63, 3.8) is 0 Å². The van der Waals surface area contributed by atoms with Crippen molar-refractivity contribution >= 4 is 13.8 Å². The van der Waals surface area contributed by atoms with Gasteiger partial charge in [0.15, 0.2) is 0 Å². The van der Waals surface area contributed by atoms with E-state index in [9.17, 15) is 19.4 Å². The molecule has 3 atom stereocenters. The lowest BCUT2D eigenvalue weighted by Gasteiger charge is -2.33. The van der Waals surface area contributed by atoms with Crippen LogP contribution in [0.1, 0.15) is 135 Å². The van der Waals surface area contributed by atoms with Crippen molar-refractivity contribution in [3.05, 3.63) is 0 Å². The lowest BCUT2D eigenvalue weighted by atomic mass is 10.0. The molecule has 252 valence electrons. The molecular weight excluding hydrogens is 557 g/mol. The van der Waals surface area contributed by atoms with Crippen molar-refractivity contribution in [2.45, 2.75) is 148 Å². The predicted molar refractivity (Wildman–Crippen MR) is 168 cm³/mol. The third-order valence-electron chi connectivity index (χ3n) is 7.55. The first-order chi connectivity index (χ1) is 20.0. The normalized spacial score (nSPS) is 14.9. The molecule has 0 spiro atoms. The Kier molecular flexibility index (Phi) is 26.5. The smallest absolute Gasteiger partial charge is 0.305 e. The molecule has 10 heteroatoms. The summed E-state index contributed by atoms with van der Waals surface area (Å²) in [6.07, 6.45) is 20.5. The molecule has 0 aromatic rings. The molecule has 0 heterocycles. The zero-order valence-corrected chi connectivity index (χ0v) is 28.7. The van der Waals surface area contributed by atoms with Crippen LogP contribution in [0.4, 0.5) is 0 Å². The van der Waals surface area contributed by atoms with E-state index in [-0.39, 0.29) is 25.8 Å². The quantitative estimate of drug-likeness (QED) is 0.0383. The molecule has 42 heavy (non-hydrogen) atoms. The average molecular weight is 624 g/mol. The fraction of sp³-hybridized carbons (Fsp3) is 0.969. The minimum Gasteiger partial charge on any atom is -0.756 e. The Morgan fingerprint density at radius 1 is 0.762 bits per heavy atom. The van der Waals surface area contributed by atoms with Crippen LogP contribution in [-0.2, 0) is 27.9 Å². The molecule has 0 aliphatic rings. The Balaban J connectivity index is 4.39. The topological polar surface area (TPSA) is 114 Å². The zero-order chi connectivity index (χ0) is 31.5. The molecule has 0 saturated carbocycles. The molecule has 0 fully saturated rings. The van der Waals surface area contributed by atoms with Crippen molar-refractivity contribution in [2.75, 3.05) is 54.6 Å². The molecule has 0 aromatic heterocycles. The molecule has 0 aromatic carbocycles. The van der Waals surface area contributed by atoms with Gasteiger partial charge in [-0.2, -0.15) is 0 Å². The summed E-state index contributed by atoms with van der Waals surface area (Å²) in [5, 5.41) is 9.98. The third kappa shape index (κ3) is 27.0. The van der Waals surface area contributed by atoms with Crippen molar-refractivity contribution in [1.29, 1.82) is 0 Å². The van der Waals surface area contributed by atoms with Gasteiger partial charge in [-0.25, -0.2) is 0 Å². The average Bonchev–Trinajstić information content (AvgIpc) is 2.93. The van der Waals surface area contributed by atoms with E-state index in [4.69, 9.17) is 13.8 Å². The number of hydrogen-bond donors (Lipinski definition) is 1. The summed E-state index contributed by atoms with van der Waals surface area (Å²) in [5.41, 5.74) is 0. The molecule has 0 aliphatic heterocycles. The van der Waals surface area contributed by atoms with Crippen molar-refractivity contribution in [2.24, 2.45) is 0 Å². The van der Waals surface area contributed by atoms with Crippen LogP contribution in [0.15, 0.2) is 0 Å². The maximum Gasteiger partial charge on any atom is 0.305 e. The van der Waals surface area contributed by atoms with E-state index in [0.717, 1.165) is 19.3 Å². The van der Waals surface area contributed by atoms with E-state index < -0.39 is 20.0 Å². The monoisotopic (exact) mass is 623 g/mol. The first-order valence-corrected chi connectivity index (χ1v) is 18.2. The number of hydrogen-bond acceptors (Lipinski definition) is 8. The Bertz CT molecular complexity index is 673. The van der Waals surface area contributed by atoms with E-state index in [1.165, 1.54) is 90.6 Å². The minimum atomic E-state index is -4.57. The first-order valence-electron chi connectivity index (χ1n) is 16.8. The number of phosphoric acid groups is 1. The molecular formula is C32H66NO8P. The number of likely N-dealkylation sites (N-methyl/N-ethyl adjacent to an activating group) is 1. The summed E-state index contributed by atoms with van der Waals surface area (Å²) in [6, 6.07) is 0. The highest BCUT2D eigenvalue weighted by Crippen LogP contribution is 2.41. The third-order valence-corrected chi connectivity index (χ3v) is 8.58.